The van der Waals surface area contributed by atoms with Gasteiger partial charge < -0.3 is 4.90 Å². The zero-order valence-electron chi connectivity index (χ0n) is 31.9. The average molecular weight is 747 g/mol. The highest BCUT2D eigenvalue weighted by molar-refractivity contribution is 6.24. The molecule has 0 aliphatic carbocycles. The van der Waals surface area contributed by atoms with Crippen molar-refractivity contribution in [2.24, 2.45) is 4.99 Å². The number of nitrogens with one attached hydrogen (secondary N) is 1. The molecule has 0 aliphatic heterocycles. The Hall–Kier alpha value is -7.70. The molecular weight excluding hydrogens is 709 g/mol. The van der Waals surface area contributed by atoms with Gasteiger partial charge in [0.2, 0.25) is 0 Å². The second-order valence-electron chi connectivity index (χ2n) is 14.6. The number of amidine groups is 2. The Morgan fingerprint density at radius 3 is 1.93 bits per heavy atom. The third-order valence-corrected chi connectivity index (χ3v) is 10.9. The van der Waals surface area contributed by atoms with Crippen molar-refractivity contribution in [2.45, 2.75) is 6.54 Å². The van der Waals surface area contributed by atoms with E-state index in [1.807, 2.05) is 80.1 Å². The van der Waals surface area contributed by atoms with E-state index in [4.69, 9.17) is 15.4 Å². The van der Waals surface area contributed by atoms with Gasteiger partial charge in [0.15, 0.2) is 5.84 Å². The minimum Gasteiger partial charge on any atom is -0.355 e. The number of benzene rings is 8. The zero-order chi connectivity index (χ0) is 39.0. The van der Waals surface area contributed by atoms with Crippen LogP contribution in [0.5, 0.6) is 0 Å². The summed E-state index contributed by atoms with van der Waals surface area (Å²) in [7, 11) is 2.03. The van der Waals surface area contributed by atoms with Gasteiger partial charge in [-0.2, -0.15) is 0 Å². The molecule has 0 unspecified atom stereocenters. The molecule has 0 aliphatic rings. The normalized spacial score (nSPS) is 11.8. The van der Waals surface area contributed by atoms with Crippen molar-refractivity contribution in [2.75, 3.05) is 7.05 Å². The van der Waals surface area contributed by atoms with Crippen LogP contribution in [0, 0.1) is 5.41 Å². The predicted octanol–water partition coefficient (Wildman–Crippen LogP) is 12.1. The van der Waals surface area contributed by atoms with E-state index in [-0.39, 0.29) is 5.84 Å². The Bertz CT molecular complexity index is 3140. The summed E-state index contributed by atoms with van der Waals surface area (Å²) < 4.78 is 2.33. The predicted molar refractivity (Wildman–Crippen MR) is 240 cm³/mol. The molecule has 10 aromatic rings. The third kappa shape index (κ3) is 6.27. The number of rotatable bonds is 7. The first-order valence-corrected chi connectivity index (χ1v) is 19.4. The molecule has 0 bridgehead atoms. The van der Waals surface area contributed by atoms with Crippen LogP contribution in [0.4, 0.5) is 0 Å². The molecule has 0 atom stereocenters. The van der Waals surface area contributed by atoms with Crippen LogP contribution in [0.25, 0.3) is 71.6 Å². The molecule has 0 fully saturated rings. The van der Waals surface area contributed by atoms with E-state index in [1.165, 1.54) is 10.8 Å². The van der Waals surface area contributed by atoms with Crippen molar-refractivity contribution < 1.29 is 0 Å². The first-order chi connectivity index (χ1) is 28.6. The van der Waals surface area contributed by atoms with Gasteiger partial charge >= 0.3 is 0 Å². The minimum absolute atomic E-state index is 0.233. The van der Waals surface area contributed by atoms with E-state index in [9.17, 15) is 0 Å². The van der Waals surface area contributed by atoms with Gasteiger partial charge in [-0.15, -0.1) is 0 Å². The third-order valence-electron chi connectivity index (χ3n) is 10.9. The van der Waals surface area contributed by atoms with Gasteiger partial charge in [0.25, 0.3) is 0 Å². The lowest BCUT2D eigenvalue weighted by molar-refractivity contribution is 0.502. The number of pyridine rings is 1. The molecule has 0 saturated carbocycles. The summed E-state index contributed by atoms with van der Waals surface area (Å²) >= 11 is 0. The Morgan fingerprint density at radius 2 is 1.19 bits per heavy atom. The lowest BCUT2D eigenvalue weighted by Gasteiger charge is -2.22. The molecular formula is C52H38N6. The minimum atomic E-state index is 0.233. The van der Waals surface area contributed by atoms with Crippen molar-refractivity contribution in [3.8, 4) is 28.2 Å². The smallest absolute Gasteiger partial charge is 0.154 e. The molecule has 8 aromatic carbocycles. The van der Waals surface area contributed by atoms with Gasteiger partial charge in [-0.1, -0.05) is 164 Å². The van der Waals surface area contributed by atoms with Crippen LogP contribution in [0.1, 0.15) is 16.7 Å². The van der Waals surface area contributed by atoms with E-state index in [2.05, 4.69) is 136 Å². The summed E-state index contributed by atoms with van der Waals surface area (Å²) in [5.74, 6) is 1.88. The molecule has 1 N–H and O–H groups in total. The van der Waals surface area contributed by atoms with Gasteiger partial charge in [0.05, 0.1) is 11.0 Å². The molecule has 6 heteroatoms. The Kier molecular flexibility index (Phi) is 8.84. The standard InChI is InChI=1S/C52H38N6/c1-57(51(40-16-6-3-7-17-40)56-50(53)39-14-4-2-5-15-39)34-35-23-25-36(26-24-35)37-27-29-41(30-28-37)58-49-45-21-11-10-20-43(45)44-31-32-54-33-47(44)48(49)55-52(58)46-22-12-18-38-13-8-9-19-42(38)46/h2-33,53H,34H2,1H3. The Labute approximate surface area is 336 Å². The summed E-state index contributed by atoms with van der Waals surface area (Å²) in [6, 6.07) is 63.0. The second-order valence-corrected chi connectivity index (χ2v) is 14.6. The summed E-state index contributed by atoms with van der Waals surface area (Å²) in [6.07, 6.45) is 3.81. The second kappa shape index (κ2) is 14.8. The maximum atomic E-state index is 8.74. The quantitative estimate of drug-likeness (QED) is 0.100. The van der Waals surface area contributed by atoms with Gasteiger partial charge in [0, 0.05) is 59.1 Å². The number of hydrogen-bond donors (Lipinski definition) is 1. The molecule has 2 heterocycles. The van der Waals surface area contributed by atoms with Crippen LogP contribution in [-0.4, -0.2) is 38.2 Å². The number of aromatic nitrogens is 3. The van der Waals surface area contributed by atoms with Gasteiger partial charge in [-0.05, 0) is 56.4 Å². The molecule has 0 saturated heterocycles. The van der Waals surface area contributed by atoms with Crippen LogP contribution in [0.15, 0.2) is 199 Å². The van der Waals surface area contributed by atoms with Crippen molar-refractivity contribution >= 4 is 55.0 Å². The molecule has 10 rings (SSSR count). The molecule has 276 valence electrons. The topological polar surface area (TPSA) is 70.2 Å². The summed E-state index contributed by atoms with van der Waals surface area (Å²) in [4.78, 5) is 16.9. The monoisotopic (exact) mass is 746 g/mol. The van der Waals surface area contributed by atoms with Crippen molar-refractivity contribution in [3.05, 3.63) is 211 Å². The maximum absolute atomic E-state index is 8.74. The highest BCUT2D eigenvalue weighted by Crippen LogP contribution is 2.40. The lowest BCUT2D eigenvalue weighted by Crippen LogP contribution is -2.28. The number of imidazole rings is 1. The van der Waals surface area contributed by atoms with Crippen molar-refractivity contribution in [1.82, 2.24) is 19.4 Å². The first kappa shape index (κ1) is 34.8. The van der Waals surface area contributed by atoms with E-state index < -0.39 is 0 Å². The number of nitrogens with zero attached hydrogens (tertiary/aromatic N) is 5. The highest BCUT2D eigenvalue weighted by Gasteiger charge is 2.21. The van der Waals surface area contributed by atoms with E-state index in [0.717, 1.165) is 83.3 Å². The largest absolute Gasteiger partial charge is 0.355 e. The zero-order valence-corrected chi connectivity index (χ0v) is 31.9. The highest BCUT2D eigenvalue weighted by atomic mass is 15.2. The van der Waals surface area contributed by atoms with Crippen molar-refractivity contribution in [1.29, 1.82) is 5.41 Å². The summed E-state index contributed by atoms with van der Waals surface area (Å²) in [5, 5.41) is 15.6. The first-order valence-electron chi connectivity index (χ1n) is 19.4. The summed E-state index contributed by atoms with van der Waals surface area (Å²) in [5.41, 5.74) is 9.28. The fraction of sp³-hybridized carbons (Fsp3) is 0.0385. The maximum Gasteiger partial charge on any atom is 0.154 e. The van der Waals surface area contributed by atoms with Crippen LogP contribution in [0.3, 0.4) is 0 Å². The summed E-state index contributed by atoms with van der Waals surface area (Å²) in [6.45, 7) is 0.637. The van der Waals surface area contributed by atoms with E-state index in [1.54, 1.807) is 0 Å². The molecule has 58 heavy (non-hydrogen) atoms. The average Bonchev–Trinajstić information content (AvgIpc) is 3.70. The van der Waals surface area contributed by atoms with Crippen LogP contribution < -0.4 is 0 Å². The Morgan fingerprint density at radius 1 is 0.586 bits per heavy atom. The Balaban J connectivity index is 1.02. The number of hydrogen-bond acceptors (Lipinski definition) is 3. The van der Waals surface area contributed by atoms with Crippen LogP contribution in [-0.2, 0) is 6.54 Å². The molecule has 2 aromatic heterocycles. The van der Waals surface area contributed by atoms with Gasteiger partial charge in [-0.25, -0.2) is 9.98 Å². The molecule has 6 nitrogen and oxygen atoms in total. The fourth-order valence-electron chi connectivity index (χ4n) is 8.13. The van der Waals surface area contributed by atoms with Crippen LogP contribution in [0.2, 0.25) is 0 Å². The van der Waals surface area contributed by atoms with E-state index >= 15 is 0 Å². The van der Waals surface area contributed by atoms with Gasteiger partial charge in [-0.3, -0.25) is 15.0 Å². The molecule has 0 amide bonds. The molecule has 0 radical (unpaired) electrons. The number of aliphatic imine (C=N–C) groups is 1. The van der Waals surface area contributed by atoms with Crippen molar-refractivity contribution in [3.63, 3.8) is 0 Å². The SMILES string of the molecule is CN(Cc1ccc(-c2ccc(-n3c(-c4cccc5ccccc45)nc4c5cnccc5c5ccccc5c43)cc2)cc1)C(=NC(=N)c1ccccc1)c1ccccc1. The van der Waals surface area contributed by atoms with E-state index in [0.29, 0.717) is 6.54 Å². The van der Waals surface area contributed by atoms with Crippen LogP contribution >= 0.6 is 0 Å². The lowest BCUT2D eigenvalue weighted by atomic mass is 10.0. The molecule has 0 spiro atoms. The van der Waals surface area contributed by atoms with Gasteiger partial charge in [0.1, 0.15) is 11.7 Å². The fourth-order valence-corrected chi connectivity index (χ4v) is 8.13. The number of fused-ring (bicyclic) bond motifs is 7.